The Morgan fingerprint density at radius 1 is 0.333 bits per heavy atom. The number of aryl methyl sites for hydroxylation is 1. The minimum Gasteiger partial charge on any atom is -0.309 e. The van der Waals surface area contributed by atoms with Crippen molar-refractivity contribution in [1.29, 1.82) is 0 Å². The van der Waals surface area contributed by atoms with Crippen molar-refractivity contribution in [3.8, 4) is 39.1 Å². The molecule has 0 bridgehead atoms. The van der Waals surface area contributed by atoms with Gasteiger partial charge in [-0.25, -0.2) is 0 Å². The Morgan fingerprint density at radius 3 is 1.40 bits per heavy atom. The molecule has 0 saturated carbocycles. The highest BCUT2D eigenvalue weighted by atomic mass is 15.0. The van der Waals surface area contributed by atoms with Crippen LogP contribution in [0.4, 0.5) is 0 Å². The molecular weight excluding hydrogens is 579 g/mol. The van der Waals surface area contributed by atoms with Gasteiger partial charge in [-0.15, -0.1) is 0 Å². The molecule has 10 rings (SSSR count). The lowest BCUT2D eigenvalue weighted by Gasteiger charge is -2.21. The molecule has 9 aromatic carbocycles. The van der Waals surface area contributed by atoms with Crippen molar-refractivity contribution in [2.75, 3.05) is 0 Å². The van der Waals surface area contributed by atoms with E-state index in [0.29, 0.717) is 0 Å². The van der Waals surface area contributed by atoms with Gasteiger partial charge in [-0.05, 0) is 109 Å². The molecule has 10 aromatic rings. The van der Waals surface area contributed by atoms with E-state index in [4.69, 9.17) is 0 Å². The number of para-hydroxylation sites is 2. The topological polar surface area (TPSA) is 4.93 Å². The molecule has 1 aromatic heterocycles. The van der Waals surface area contributed by atoms with Gasteiger partial charge >= 0.3 is 0 Å². The molecule has 48 heavy (non-hydrogen) atoms. The van der Waals surface area contributed by atoms with Crippen LogP contribution in [-0.4, -0.2) is 4.57 Å². The third-order valence-corrected chi connectivity index (χ3v) is 10.3. The Labute approximate surface area is 279 Å². The lowest BCUT2D eigenvalue weighted by atomic mass is 9.83. The zero-order valence-corrected chi connectivity index (χ0v) is 26.6. The van der Waals surface area contributed by atoms with Crippen molar-refractivity contribution in [2.24, 2.45) is 0 Å². The van der Waals surface area contributed by atoms with Gasteiger partial charge in [0.25, 0.3) is 0 Å². The van der Waals surface area contributed by atoms with Crippen molar-refractivity contribution < 1.29 is 0 Å². The molecule has 1 heteroatoms. The fourth-order valence-electron chi connectivity index (χ4n) is 8.13. The Kier molecular flexibility index (Phi) is 5.86. The Hall–Kier alpha value is -6.18. The van der Waals surface area contributed by atoms with Crippen molar-refractivity contribution in [3.05, 3.63) is 175 Å². The second-order valence-electron chi connectivity index (χ2n) is 12.9. The summed E-state index contributed by atoms with van der Waals surface area (Å²) in [5.41, 5.74) is 12.4. The van der Waals surface area contributed by atoms with Gasteiger partial charge in [0.2, 0.25) is 0 Å². The van der Waals surface area contributed by atoms with Gasteiger partial charge < -0.3 is 4.57 Å². The maximum atomic E-state index is 2.42. The maximum absolute atomic E-state index is 2.42. The van der Waals surface area contributed by atoms with E-state index < -0.39 is 0 Å². The lowest BCUT2D eigenvalue weighted by molar-refractivity contribution is 1.18. The first-order valence-electron chi connectivity index (χ1n) is 16.7. The third kappa shape index (κ3) is 3.91. The van der Waals surface area contributed by atoms with Crippen molar-refractivity contribution in [1.82, 2.24) is 4.57 Å². The number of hydrogen-bond acceptors (Lipinski definition) is 0. The molecule has 0 radical (unpaired) electrons. The van der Waals surface area contributed by atoms with Crippen LogP contribution in [-0.2, 0) is 0 Å². The highest BCUT2D eigenvalue weighted by molar-refractivity contribution is 6.30. The predicted molar refractivity (Wildman–Crippen MR) is 206 cm³/mol. The molecule has 0 aliphatic carbocycles. The summed E-state index contributed by atoms with van der Waals surface area (Å²) in [6, 6.07) is 62.5. The largest absolute Gasteiger partial charge is 0.309 e. The average molecular weight is 610 g/mol. The molecule has 0 fully saturated rings. The van der Waals surface area contributed by atoms with Gasteiger partial charge in [0.1, 0.15) is 0 Å². The van der Waals surface area contributed by atoms with E-state index in [9.17, 15) is 0 Å². The third-order valence-electron chi connectivity index (χ3n) is 10.3. The molecule has 0 unspecified atom stereocenters. The number of nitrogens with zero attached hydrogens (tertiary/aromatic N) is 1. The smallest absolute Gasteiger partial charge is 0.0541 e. The number of fused-ring (bicyclic) bond motifs is 3. The van der Waals surface area contributed by atoms with E-state index in [1.807, 2.05) is 0 Å². The van der Waals surface area contributed by atoms with Crippen molar-refractivity contribution >= 4 is 54.1 Å². The van der Waals surface area contributed by atoms with E-state index in [1.165, 1.54) is 98.8 Å². The second-order valence-corrected chi connectivity index (χ2v) is 12.9. The number of aromatic nitrogens is 1. The summed E-state index contributed by atoms with van der Waals surface area (Å²) in [6.45, 7) is 2.26. The minimum atomic E-state index is 1.17. The Balaban J connectivity index is 1.31. The van der Waals surface area contributed by atoms with Crippen LogP contribution in [0.3, 0.4) is 0 Å². The SMILES string of the molecule is Cc1cc(-c2ccccc2)c2ccc3c(-c4ccccc4)cc(-c4cccc(-n5c6ccccc6c6ccccc65)c4)c4ccc1c2c34. The van der Waals surface area contributed by atoms with E-state index in [2.05, 4.69) is 181 Å². The van der Waals surface area contributed by atoms with Crippen LogP contribution in [0.5, 0.6) is 0 Å². The van der Waals surface area contributed by atoms with Gasteiger partial charge in [-0.2, -0.15) is 0 Å². The molecule has 1 heterocycles. The Bertz CT molecular complexity index is 2770. The summed E-state index contributed by atoms with van der Waals surface area (Å²) in [5.74, 6) is 0. The van der Waals surface area contributed by atoms with Gasteiger partial charge in [-0.3, -0.25) is 0 Å². The average Bonchev–Trinajstić information content (AvgIpc) is 3.49. The molecule has 224 valence electrons. The fraction of sp³-hybridized carbons (Fsp3) is 0.0213. The molecule has 0 atom stereocenters. The van der Waals surface area contributed by atoms with Crippen molar-refractivity contribution in [2.45, 2.75) is 6.92 Å². The zero-order valence-electron chi connectivity index (χ0n) is 26.6. The summed E-state index contributed by atoms with van der Waals surface area (Å²) in [7, 11) is 0. The van der Waals surface area contributed by atoms with Gasteiger partial charge in [-0.1, -0.05) is 140 Å². The van der Waals surface area contributed by atoms with E-state index in [1.54, 1.807) is 0 Å². The van der Waals surface area contributed by atoms with Crippen LogP contribution < -0.4 is 0 Å². The molecule has 0 N–H and O–H groups in total. The summed E-state index contributed by atoms with van der Waals surface area (Å²) < 4.78 is 2.41. The quantitative estimate of drug-likeness (QED) is 0.175. The molecule has 0 saturated heterocycles. The Morgan fingerprint density at radius 2 is 0.792 bits per heavy atom. The predicted octanol–water partition coefficient (Wildman–Crippen LogP) is 13.0. The monoisotopic (exact) mass is 609 g/mol. The van der Waals surface area contributed by atoms with Crippen LogP contribution in [0.25, 0.3) is 93.2 Å². The van der Waals surface area contributed by atoms with Crippen molar-refractivity contribution in [3.63, 3.8) is 0 Å². The van der Waals surface area contributed by atoms with Crippen LogP contribution in [0.2, 0.25) is 0 Å². The van der Waals surface area contributed by atoms with Gasteiger partial charge in [0, 0.05) is 16.5 Å². The molecular formula is C47H31N. The number of hydrogen-bond donors (Lipinski definition) is 0. The zero-order chi connectivity index (χ0) is 31.8. The molecule has 0 aliphatic rings. The van der Waals surface area contributed by atoms with E-state index >= 15 is 0 Å². The minimum absolute atomic E-state index is 1.17. The van der Waals surface area contributed by atoms with Crippen LogP contribution in [0.15, 0.2) is 170 Å². The normalized spacial score (nSPS) is 11.9. The maximum Gasteiger partial charge on any atom is 0.0541 e. The highest BCUT2D eigenvalue weighted by Gasteiger charge is 2.20. The van der Waals surface area contributed by atoms with E-state index in [0.717, 1.165) is 0 Å². The molecule has 0 aliphatic heterocycles. The van der Waals surface area contributed by atoms with Gasteiger partial charge in [0.05, 0.1) is 11.0 Å². The summed E-state index contributed by atoms with van der Waals surface area (Å²) in [4.78, 5) is 0. The van der Waals surface area contributed by atoms with Gasteiger partial charge in [0.15, 0.2) is 0 Å². The summed E-state index contributed by atoms with van der Waals surface area (Å²) >= 11 is 0. The summed E-state index contributed by atoms with van der Waals surface area (Å²) in [5, 5.41) is 10.4. The van der Waals surface area contributed by atoms with Crippen LogP contribution >= 0.6 is 0 Å². The molecule has 0 spiro atoms. The highest BCUT2D eigenvalue weighted by Crippen LogP contribution is 2.47. The fourth-order valence-corrected chi connectivity index (χ4v) is 8.13. The first-order valence-corrected chi connectivity index (χ1v) is 16.7. The second kappa shape index (κ2) is 10.4. The van der Waals surface area contributed by atoms with Crippen LogP contribution in [0.1, 0.15) is 5.56 Å². The summed E-state index contributed by atoms with van der Waals surface area (Å²) in [6.07, 6.45) is 0. The van der Waals surface area contributed by atoms with E-state index in [-0.39, 0.29) is 0 Å². The standard InChI is InChI=1S/C47H31N/c1-30-27-41(31-13-4-2-5-14-31)38-25-26-39-42(32-15-6-3-7-16-32)29-43(40-24-23-35(30)46(38)47(39)40)33-17-12-18-34(28-33)48-44-21-10-8-19-36(44)37-20-9-11-22-45(37)48/h2-29H,1H3. The molecule has 0 amide bonds. The number of rotatable bonds is 4. The molecule has 1 nitrogen and oxygen atoms in total. The lowest BCUT2D eigenvalue weighted by Crippen LogP contribution is -1.96. The first kappa shape index (κ1) is 27.0. The first-order chi connectivity index (χ1) is 23.7. The van der Waals surface area contributed by atoms with Crippen LogP contribution in [0, 0.1) is 6.92 Å². The number of benzene rings is 9.